The summed E-state index contributed by atoms with van der Waals surface area (Å²) < 4.78 is 36.5. The highest BCUT2D eigenvalue weighted by atomic mass is 79.9. The fourth-order valence-corrected chi connectivity index (χ4v) is 1.45. The van der Waals surface area contributed by atoms with Gasteiger partial charge in [-0.25, -0.2) is 9.97 Å². The topological polar surface area (TPSA) is 29.0 Å². The van der Waals surface area contributed by atoms with E-state index < -0.39 is 12.7 Å². The van der Waals surface area contributed by atoms with Crippen molar-refractivity contribution in [3.05, 3.63) is 17.0 Å². The minimum Gasteiger partial charge on any atom is -0.350 e. The second-order valence-corrected chi connectivity index (χ2v) is 3.52. The molecule has 0 radical (unpaired) electrons. The molecular formula is C7H7BrF3N3. The molecule has 1 aromatic heterocycles. The summed E-state index contributed by atoms with van der Waals surface area (Å²) in [5.74, 6) is 0.220. The van der Waals surface area contributed by atoms with Gasteiger partial charge >= 0.3 is 6.18 Å². The second-order valence-electron chi connectivity index (χ2n) is 2.67. The van der Waals surface area contributed by atoms with Crippen molar-refractivity contribution < 1.29 is 13.2 Å². The lowest BCUT2D eigenvalue weighted by molar-refractivity contribution is -0.119. The van der Waals surface area contributed by atoms with Gasteiger partial charge in [-0.1, -0.05) is 0 Å². The zero-order valence-electron chi connectivity index (χ0n) is 7.22. The molecule has 0 aromatic carbocycles. The van der Waals surface area contributed by atoms with Crippen LogP contribution >= 0.6 is 15.9 Å². The summed E-state index contributed by atoms with van der Waals surface area (Å²) in [5, 5.41) is 0. The van der Waals surface area contributed by atoms with Gasteiger partial charge in [-0.3, -0.25) is 0 Å². The fourth-order valence-electron chi connectivity index (χ4n) is 0.931. The Balaban J connectivity index is 2.80. The smallest absolute Gasteiger partial charge is 0.350 e. The second kappa shape index (κ2) is 4.12. The standard InChI is InChI=1S/C7H7BrF3N3/c1-14(3-7(9,10)11)6-5(8)2-12-4-13-6/h2,4H,3H2,1H3. The van der Waals surface area contributed by atoms with Gasteiger partial charge in [0.05, 0.1) is 4.47 Å². The lowest BCUT2D eigenvalue weighted by Crippen LogP contribution is -2.31. The number of nitrogens with zero attached hydrogens (tertiary/aromatic N) is 3. The Morgan fingerprint density at radius 2 is 2.14 bits per heavy atom. The monoisotopic (exact) mass is 269 g/mol. The summed E-state index contributed by atoms with van der Waals surface area (Å²) in [4.78, 5) is 8.39. The largest absolute Gasteiger partial charge is 0.405 e. The number of rotatable bonds is 2. The number of hydrogen-bond donors (Lipinski definition) is 0. The first-order chi connectivity index (χ1) is 6.40. The lowest BCUT2D eigenvalue weighted by Gasteiger charge is -2.20. The van der Waals surface area contributed by atoms with Gasteiger partial charge in [-0.2, -0.15) is 13.2 Å². The Morgan fingerprint density at radius 3 is 2.64 bits per heavy atom. The number of alkyl halides is 3. The molecule has 0 saturated carbocycles. The van der Waals surface area contributed by atoms with Crippen LogP contribution in [-0.4, -0.2) is 29.7 Å². The van der Waals surface area contributed by atoms with Gasteiger partial charge in [-0.15, -0.1) is 0 Å². The summed E-state index contributed by atoms with van der Waals surface area (Å²) in [5.41, 5.74) is 0. The Hall–Kier alpha value is -0.850. The predicted molar refractivity (Wildman–Crippen MR) is 49.1 cm³/mol. The summed E-state index contributed by atoms with van der Waals surface area (Å²) in [6.45, 7) is -1.04. The predicted octanol–water partition coefficient (Wildman–Crippen LogP) is 2.24. The van der Waals surface area contributed by atoms with Crippen molar-refractivity contribution in [2.45, 2.75) is 6.18 Å². The van der Waals surface area contributed by atoms with Gasteiger partial charge in [0.25, 0.3) is 0 Å². The maximum absolute atomic E-state index is 12.0. The van der Waals surface area contributed by atoms with Crippen molar-refractivity contribution in [1.82, 2.24) is 9.97 Å². The van der Waals surface area contributed by atoms with Gasteiger partial charge in [0.1, 0.15) is 18.7 Å². The lowest BCUT2D eigenvalue weighted by atomic mass is 10.5. The van der Waals surface area contributed by atoms with E-state index in [9.17, 15) is 13.2 Å². The maximum atomic E-state index is 12.0. The molecule has 0 unspecified atom stereocenters. The summed E-state index contributed by atoms with van der Waals surface area (Å²) in [7, 11) is 1.32. The van der Waals surface area contributed by atoms with E-state index in [1.165, 1.54) is 19.6 Å². The van der Waals surface area contributed by atoms with Gasteiger partial charge < -0.3 is 4.90 Å². The highest BCUT2D eigenvalue weighted by Gasteiger charge is 2.30. The molecule has 14 heavy (non-hydrogen) atoms. The molecule has 1 aromatic rings. The minimum atomic E-state index is -4.24. The molecule has 7 heteroatoms. The van der Waals surface area contributed by atoms with Gasteiger partial charge in [0.15, 0.2) is 0 Å². The zero-order valence-corrected chi connectivity index (χ0v) is 8.80. The molecule has 0 bridgehead atoms. The highest BCUT2D eigenvalue weighted by molar-refractivity contribution is 9.10. The molecule has 3 nitrogen and oxygen atoms in total. The van der Waals surface area contributed by atoms with Crippen LogP contribution in [0.2, 0.25) is 0 Å². The van der Waals surface area contributed by atoms with Crippen LogP contribution in [0.5, 0.6) is 0 Å². The normalized spacial score (nSPS) is 11.5. The Bertz CT molecular complexity index is 315. The van der Waals surface area contributed by atoms with Crippen LogP contribution in [0, 0.1) is 0 Å². The zero-order chi connectivity index (χ0) is 10.8. The minimum absolute atomic E-state index is 0.220. The van der Waals surface area contributed by atoms with E-state index in [0.717, 1.165) is 4.90 Å². The Kier molecular flexibility index (Phi) is 3.30. The highest BCUT2D eigenvalue weighted by Crippen LogP contribution is 2.24. The van der Waals surface area contributed by atoms with E-state index in [0.29, 0.717) is 4.47 Å². The van der Waals surface area contributed by atoms with Gasteiger partial charge in [-0.05, 0) is 15.9 Å². The molecule has 0 atom stereocenters. The summed E-state index contributed by atoms with van der Waals surface area (Å²) >= 11 is 3.07. The third-order valence-corrected chi connectivity index (χ3v) is 1.99. The molecule has 1 rings (SSSR count). The Morgan fingerprint density at radius 1 is 1.50 bits per heavy atom. The van der Waals surface area contributed by atoms with E-state index in [-0.39, 0.29) is 5.82 Å². The molecule has 1 heterocycles. The van der Waals surface area contributed by atoms with Crippen LogP contribution in [0.15, 0.2) is 17.0 Å². The molecule has 0 aliphatic heterocycles. The van der Waals surface area contributed by atoms with Crippen molar-refractivity contribution in [2.24, 2.45) is 0 Å². The first-order valence-corrected chi connectivity index (χ1v) is 4.43. The van der Waals surface area contributed by atoms with Crippen molar-refractivity contribution in [1.29, 1.82) is 0 Å². The van der Waals surface area contributed by atoms with Crippen molar-refractivity contribution >= 4 is 21.7 Å². The van der Waals surface area contributed by atoms with E-state index >= 15 is 0 Å². The Labute approximate surface area is 87.1 Å². The van der Waals surface area contributed by atoms with Crippen LogP contribution in [0.25, 0.3) is 0 Å². The number of halogens is 4. The molecule has 0 N–H and O–H groups in total. The van der Waals surface area contributed by atoms with E-state index in [1.807, 2.05) is 0 Å². The average Bonchev–Trinajstić information content (AvgIpc) is 2.01. The van der Waals surface area contributed by atoms with Crippen LogP contribution in [0.4, 0.5) is 19.0 Å². The SMILES string of the molecule is CN(CC(F)(F)F)c1ncncc1Br. The third-order valence-electron chi connectivity index (χ3n) is 1.43. The van der Waals surface area contributed by atoms with Crippen molar-refractivity contribution in [3.63, 3.8) is 0 Å². The molecule has 0 aliphatic rings. The van der Waals surface area contributed by atoms with Crippen LogP contribution in [0.1, 0.15) is 0 Å². The molecule has 0 aliphatic carbocycles. The van der Waals surface area contributed by atoms with Crippen molar-refractivity contribution in [3.8, 4) is 0 Å². The summed E-state index contributed by atoms with van der Waals surface area (Å²) in [6.07, 6.45) is -1.64. The number of aromatic nitrogens is 2. The molecule has 78 valence electrons. The quantitative estimate of drug-likeness (QED) is 0.825. The molecule has 0 saturated heterocycles. The number of anilines is 1. The fraction of sp³-hybridized carbons (Fsp3) is 0.429. The van der Waals surface area contributed by atoms with E-state index in [4.69, 9.17) is 0 Å². The van der Waals surface area contributed by atoms with Crippen LogP contribution in [0.3, 0.4) is 0 Å². The van der Waals surface area contributed by atoms with Gasteiger partial charge in [0, 0.05) is 13.2 Å². The van der Waals surface area contributed by atoms with Gasteiger partial charge in [0.2, 0.25) is 0 Å². The number of hydrogen-bond acceptors (Lipinski definition) is 3. The van der Waals surface area contributed by atoms with E-state index in [1.54, 1.807) is 0 Å². The summed E-state index contributed by atoms with van der Waals surface area (Å²) in [6, 6.07) is 0. The maximum Gasteiger partial charge on any atom is 0.405 e. The first kappa shape index (κ1) is 11.2. The molecule has 0 amide bonds. The van der Waals surface area contributed by atoms with E-state index in [2.05, 4.69) is 25.9 Å². The van der Waals surface area contributed by atoms with Crippen LogP contribution < -0.4 is 4.90 Å². The third kappa shape index (κ3) is 3.13. The van der Waals surface area contributed by atoms with Crippen molar-refractivity contribution in [2.75, 3.05) is 18.5 Å². The average molecular weight is 270 g/mol. The molecular weight excluding hydrogens is 263 g/mol. The molecule has 0 spiro atoms. The molecule has 0 fully saturated rings. The van der Waals surface area contributed by atoms with Crippen LogP contribution in [-0.2, 0) is 0 Å². The first-order valence-electron chi connectivity index (χ1n) is 3.63.